The van der Waals surface area contributed by atoms with Crippen LogP contribution in [0.1, 0.15) is 27.0 Å². The summed E-state index contributed by atoms with van der Waals surface area (Å²) in [5.74, 6) is -0.848. The van der Waals surface area contributed by atoms with Crippen molar-refractivity contribution in [2.45, 2.75) is 25.8 Å². The molecule has 4 rings (SSSR count). The van der Waals surface area contributed by atoms with Crippen molar-refractivity contribution in [3.63, 3.8) is 0 Å². The predicted octanol–water partition coefficient (Wildman–Crippen LogP) is 4.77. The van der Waals surface area contributed by atoms with Crippen LogP contribution in [0.3, 0.4) is 0 Å². The third-order valence-electron chi connectivity index (χ3n) is 5.49. The molecule has 0 saturated heterocycles. The van der Waals surface area contributed by atoms with Crippen molar-refractivity contribution in [3.05, 3.63) is 107 Å². The largest absolute Gasteiger partial charge is 0.361 e. The number of aromatic nitrogens is 1. The second-order valence-electron chi connectivity index (χ2n) is 7.67. The number of carbonyl (C=O) groups is 2. The van der Waals surface area contributed by atoms with Gasteiger partial charge in [0.15, 0.2) is 5.78 Å². The fourth-order valence-electron chi connectivity index (χ4n) is 3.76. The SMILES string of the molecule is Cc1ccc(F)cc1CC(=O)C(Cc1ccccc1)NC(=O)c1cccc2[nH]ccc12. The molecular weight excluding hydrogens is 391 g/mol. The molecule has 0 bridgehead atoms. The fourth-order valence-corrected chi connectivity index (χ4v) is 3.76. The van der Waals surface area contributed by atoms with Crippen molar-refractivity contribution in [2.24, 2.45) is 0 Å². The Morgan fingerprint density at radius 2 is 1.81 bits per heavy atom. The summed E-state index contributed by atoms with van der Waals surface area (Å²) in [6.45, 7) is 1.85. The second kappa shape index (κ2) is 8.96. The lowest BCUT2D eigenvalue weighted by molar-refractivity contribution is -0.120. The number of nitrogens with one attached hydrogen (secondary N) is 2. The van der Waals surface area contributed by atoms with Gasteiger partial charge in [-0.15, -0.1) is 0 Å². The summed E-state index contributed by atoms with van der Waals surface area (Å²) in [7, 11) is 0. The number of hydrogen-bond donors (Lipinski definition) is 2. The maximum absolute atomic E-state index is 13.7. The molecule has 156 valence electrons. The molecule has 0 aliphatic heterocycles. The Balaban J connectivity index is 1.60. The monoisotopic (exact) mass is 414 g/mol. The topological polar surface area (TPSA) is 62.0 Å². The molecule has 1 atom stereocenters. The van der Waals surface area contributed by atoms with E-state index in [9.17, 15) is 14.0 Å². The zero-order valence-electron chi connectivity index (χ0n) is 17.2. The van der Waals surface area contributed by atoms with Crippen molar-refractivity contribution in [1.29, 1.82) is 0 Å². The number of ketones is 1. The molecule has 0 radical (unpaired) electrons. The van der Waals surface area contributed by atoms with Gasteiger partial charge in [0.25, 0.3) is 5.91 Å². The number of carbonyl (C=O) groups excluding carboxylic acids is 2. The number of aryl methyl sites for hydroxylation is 1. The Kier molecular flexibility index (Phi) is 5.94. The molecule has 1 unspecified atom stereocenters. The molecule has 2 N–H and O–H groups in total. The molecule has 0 aliphatic rings. The molecule has 0 spiro atoms. The lowest BCUT2D eigenvalue weighted by atomic mass is 9.95. The summed E-state index contributed by atoms with van der Waals surface area (Å²) in [5, 5.41) is 3.72. The number of H-pyrrole nitrogens is 1. The molecule has 5 heteroatoms. The van der Waals surface area contributed by atoms with Crippen LogP contribution in [0.15, 0.2) is 79.0 Å². The molecular formula is C26H23FN2O2. The number of halogens is 1. The van der Waals surface area contributed by atoms with Gasteiger partial charge in [-0.05, 0) is 60.4 Å². The maximum atomic E-state index is 13.7. The molecule has 0 saturated carbocycles. The van der Waals surface area contributed by atoms with Crippen molar-refractivity contribution in [3.8, 4) is 0 Å². The molecule has 4 nitrogen and oxygen atoms in total. The van der Waals surface area contributed by atoms with Crippen LogP contribution < -0.4 is 5.32 Å². The minimum atomic E-state index is -0.730. The van der Waals surface area contributed by atoms with Crippen LogP contribution in [0, 0.1) is 12.7 Å². The number of rotatable bonds is 7. The minimum Gasteiger partial charge on any atom is -0.361 e. The summed E-state index contributed by atoms with van der Waals surface area (Å²) in [5.41, 5.74) is 3.78. The third kappa shape index (κ3) is 4.72. The summed E-state index contributed by atoms with van der Waals surface area (Å²) in [6, 6.07) is 20.5. The first-order valence-electron chi connectivity index (χ1n) is 10.2. The van der Waals surface area contributed by atoms with E-state index in [-0.39, 0.29) is 23.9 Å². The maximum Gasteiger partial charge on any atom is 0.252 e. The zero-order valence-corrected chi connectivity index (χ0v) is 17.2. The van der Waals surface area contributed by atoms with Gasteiger partial charge in [-0.3, -0.25) is 9.59 Å². The molecule has 1 amide bonds. The van der Waals surface area contributed by atoms with Gasteiger partial charge in [0.05, 0.1) is 6.04 Å². The van der Waals surface area contributed by atoms with Crippen LogP contribution in [-0.4, -0.2) is 22.7 Å². The van der Waals surface area contributed by atoms with Gasteiger partial charge in [0.1, 0.15) is 5.82 Å². The third-order valence-corrected chi connectivity index (χ3v) is 5.49. The molecule has 4 aromatic rings. The van der Waals surface area contributed by atoms with E-state index in [0.717, 1.165) is 22.0 Å². The van der Waals surface area contributed by atoms with Crippen LogP contribution in [0.4, 0.5) is 4.39 Å². The van der Waals surface area contributed by atoms with Crippen molar-refractivity contribution in [1.82, 2.24) is 10.3 Å². The molecule has 3 aromatic carbocycles. The van der Waals surface area contributed by atoms with E-state index in [1.54, 1.807) is 24.4 Å². The molecule has 1 heterocycles. The Bertz CT molecular complexity index is 1230. The number of aromatic amines is 1. The first kappa shape index (κ1) is 20.5. The average molecular weight is 414 g/mol. The highest BCUT2D eigenvalue weighted by atomic mass is 19.1. The van der Waals surface area contributed by atoms with E-state index in [1.807, 2.05) is 49.4 Å². The minimum absolute atomic E-state index is 0.0513. The summed E-state index contributed by atoms with van der Waals surface area (Å²) < 4.78 is 13.7. The van der Waals surface area contributed by atoms with E-state index >= 15 is 0 Å². The van der Waals surface area contributed by atoms with Crippen LogP contribution in [0.5, 0.6) is 0 Å². The Morgan fingerprint density at radius 3 is 2.61 bits per heavy atom. The Labute approximate surface area is 180 Å². The van der Waals surface area contributed by atoms with Gasteiger partial charge in [-0.25, -0.2) is 4.39 Å². The lowest BCUT2D eigenvalue weighted by Crippen LogP contribution is -2.43. The lowest BCUT2D eigenvalue weighted by Gasteiger charge is -2.19. The quantitative estimate of drug-likeness (QED) is 0.458. The highest BCUT2D eigenvalue weighted by molar-refractivity contribution is 6.07. The number of Topliss-reactive ketones (excluding diaryl/α,β-unsaturated/α-hetero) is 1. The normalized spacial score (nSPS) is 11.9. The van der Waals surface area contributed by atoms with Gasteiger partial charge in [-0.2, -0.15) is 0 Å². The van der Waals surface area contributed by atoms with E-state index in [2.05, 4.69) is 10.3 Å². The number of benzene rings is 3. The standard InChI is InChI=1S/C26H23FN2O2/c1-17-10-11-20(27)15-19(17)16-25(30)24(14-18-6-3-2-4-7-18)29-26(31)22-8-5-9-23-21(22)12-13-28-23/h2-13,15,24,28H,14,16H2,1H3,(H,29,31). The number of fused-ring (bicyclic) bond motifs is 1. The first-order chi connectivity index (χ1) is 15.0. The van der Waals surface area contributed by atoms with Crippen LogP contribution in [0.2, 0.25) is 0 Å². The molecule has 0 fully saturated rings. The highest BCUT2D eigenvalue weighted by Gasteiger charge is 2.23. The van der Waals surface area contributed by atoms with Crippen LogP contribution in [0.25, 0.3) is 10.9 Å². The van der Waals surface area contributed by atoms with Gasteiger partial charge in [0, 0.05) is 29.1 Å². The second-order valence-corrected chi connectivity index (χ2v) is 7.67. The smallest absolute Gasteiger partial charge is 0.252 e. The summed E-state index contributed by atoms with van der Waals surface area (Å²) >= 11 is 0. The van der Waals surface area contributed by atoms with Gasteiger partial charge in [0.2, 0.25) is 0 Å². The average Bonchev–Trinajstić information content (AvgIpc) is 3.25. The van der Waals surface area contributed by atoms with Gasteiger partial charge in [-0.1, -0.05) is 42.5 Å². The summed E-state index contributed by atoms with van der Waals surface area (Å²) in [6.07, 6.45) is 2.19. The van der Waals surface area contributed by atoms with Crippen molar-refractivity contribution < 1.29 is 14.0 Å². The highest BCUT2D eigenvalue weighted by Crippen LogP contribution is 2.18. The summed E-state index contributed by atoms with van der Waals surface area (Å²) in [4.78, 5) is 29.4. The molecule has 1 aromatic heterocycles. The van der Waals surface area contributed by atoms with Gasteiger partial charge < -0.3 is 10.3 Å². The Hall–Kier alpha value is -3.73. The van der Waals surface area contributed by atoms with E-state index < -0.39 is 6.04 Å². The van der Waals surface area contributed by atoms with Gasteiger partial charge >= 0.3 is 0 Å². The zero-order chi connectivity index (χ0) is 21.8. The van der Waals surface area contributed by atoms with E-state index in [4.69, 9.17) is 0 Å². The molecule has 31 heavy (non-hydrogen) atoms. The van der Waals surface area contributed by atoms with Crippen molar-refractivity contribution >= 4 is 22.6 Å². The first-order valence-corrected chi connectivity index (χ1v) is 10.2. The van der Waals surface area contributed by atoms with Crippen molar-refractivity contribution in [2.75, 3.05) is 0 Å². The van der Waals surface area contributed by atoms with Crippen LogP contribution in [-0.2, 0) is 17.6 Å². The Morgan fingerprint density at radius 1 is 1.00 bits per heavy atom. The fraction of sp³-hybridized carbons (Fsp3) is 0.154. The molecule has 0 aliphatic carbocycles. The van der Waals surface area contributed by atoms with E-state index in [0.29, 0.717) is 17.5 Å². The van der Waals surface area contributed by atoms with Crippen LogP contribution >= 0.6 is 0 Å². The number of amides is 1. The predicted molar refractivity (Wildman–Crippen MR) is 120 cm³/mol. The number of hydrogen-bond acceptors (Lipinski definition) is 2. The van der Waals surface area contributed by atoms with E-state index in [1.165, 1.54) is 12.1 Å².